The Hall–Kier alpha value is -1.60. The molecule has 0 atom stereocenters. The van der Waals surface area contributed by atoms with Crippen LogP contribution in [0.5, 0.6) is 5.75 Å². The second-order valence-corrected chi connectivity index (χ2v) is 4.90. The highest BCUT2D eigenvalue weighted by Crippen LogP contribution is 2.30. The molecule has 0 spiro atoms. The molecule has 2 rings (SSSR count). The van der Waals surface area contributed by atoms with E-state index in [0.29, 0.717) is 10.0 Å². The van der Waals surface area contributed by atoms with E-state index in [2.05, 4.69) is 0 Å². The van der Waals surface area contributed by atoms with Gasteiger partial charge in [0.15, 0.2) is 0 Å². The number of aromatic hydroxyl groups is 1. The SMILES string of the molecule is O=C(O)c1ccc(N2C(=O)CSC2=S)cc1O. The van der Waals surface area contributed by atoms with Crippen LogP contribution in [0.25, 0.3) is 0 Å². The van der Waals surface area contributed by atoms with Crippen LogP contribution < -0.4 is 4.90 Å². The number of benzene rings is 1. The van der Waals surface area contributed by atoms with Gasteiger partial charge in [-0.05, 0) is 12.1 Å². The number of hydrogen-bond donors (Lipinski definition) is 2. The minimum absolute atomic E-state index is 0.178. The van der Waals surface area contributed by atoms with Gasteiger partial charge in [-0.2, -0.15) is 0 Å². The van der Waals surface area contributed by atoms with Crippen molar-refractivity contribution < 1.29 is 19.8 Å². The highest BCUT2D eigenvalue weighted by atomic mass is 32.2. The van der Waals surface area contributed by atoms with Crippen molar-refractivity contribution in [2.75, 3.05) is 10.7 Å². The maximum Gasteiger partial charge on any atom is 0.339 e. The number of hydrogen-bond acceptors (Lipinski definition) is 5. The number of carbonyl (C=O) groups excluding carboxylic acids is 1. The zero-order valence-corrected chi connectivity index (χ0v) is 10.0. The quantitative estimate of drug-likeness (QED) is 0.791. The maximum absolute atomic E-state index is 11.5. The molecule has 0 unspecified atom stereocenters. The number of thioether (sulfide) groups is 1. The molecule has 1 aromatic carbocycles. The summed E-state index contributed by atoms with van der Waals surface area (Å²) in [5, 5.41) is 18.3. The molecule has 1 heterocycles. The normalized spacial score (nSPS) is 15.4. The number of amides is 1. The zero-order chi connectivity index (χ0) is 12.6. The Morgan fingerprint density at radius 2 is 2.18 bits per heavy atom. The van der Waals surface area contributed by atoms with E-state index < -0.39 is 5.97 Å². The first kappa shape index (κ1) is 11.9. The molecule has 5 nitrogen and oxygen atoms in total. The van der Waals surface area contributed by atoms with Gasteiger partial charge in [0.05, 0.1) is 11.4 Å². The second kappa shape index (κ2) is 4.34. The highest BCUT2D eigenvalue weighted by molar-refractivity contribution is 8.24. The van der Waals surface area contributed by atoms with E-state index in [9.17, 15) is 14.7 Å². The van der Waals surface area contributed by atoms with Gasteiger partial charge < -0.3 is 10.2 Å². The summed E-state index contributed by atoms with van der Waals surface area (Å²) in [4.78, 5) is 23.5. The van der Waals surface area contributed by atoms with E-state index in [1.54, 1.807) is 0 Å². The van der Waals surface area contributed by atoms with Gasteiger partial charge in [0, 0.05) is 6.07 Å². The molecule has 0 aliphatic carbocycles. The molecule has 7 heteroatoms. The molecule has 1 fully saturated rings. The standard InChI is InChI=1S/C10H7NO4S2/c12-7-3-5(1-2-6(7)9(14)15)11-8(13)4-17-10(11)16/h1-3,12H,4H2,(H,14,15). The Labute approximate surface area is 106 Å². The van der Waals surface area contributed by atoms with Gasteiger partial charge in [0.25, 0.3) is 0 Å². The lowest BCUT2D eigenvalue weighted by Crippen LogP contribution is -2.27. The Balaban J connectivity index is 2.41. The van der Waals surface area contributed by atoms with Crippen molar-refractivity contribution in [2.45, 2.75) is 0 Å². The molecule has 0 saturated carbocycles. The van der Waals surface area contributed by atoms with Crippen molar-refractivity contribution >= 4 is 45.9 Å². The molecule has 0 radical (unpaired) electrons. The largest absolute Gasteiger partial charge is 0.507 e. The van der Waals surface area contributed by atoms with Gasteiger partial charge in [-0.1, -0.05) is 24.0 Å². The first-order valence-electron chi connectivity index (χ1n) is 4.56. The minimum atomic E-state index is -1.22. The lowest BCUT2D eigenvalue weighted by atomic mass is 10.1. The Bertz CT molecular complexity index is 513. The smallest absolute Gasteiger partial charge is 0.339 e. The van der Waals surface area contributed by atoms with Crippen molar-refractivity contribution in [3.63, 3.8) is 0 Å². The minimum Gasteiger partial charge on any atom is -0.507 e. The molecular weight excluding hydrogens is 262 g/mol. The predicted octanol–water partition coefficient (Wildman–Crippen LogP) is 1.46. The lowest BCUT2D eigenvalue weighted by molar-refractivity contribution is -0.115. The third-order valence-electron chi connectivity index (χ3n) is 2.22. The molecule has 0 bridgehead atoms. The second-order valence-electron chi connectivity index (χ2n) is 3.29. The summed E-state index contributed by atoms with van der Waals surface area (Å²) in [6.07, 6.45) is 0. The Kier molecular flexibility index (Phi) is 3.03. The first-order chi connectivity index (χ1) is 8.00. The average molecular weight is 269 g/mol. The number of carboxylic acid groups (broad SMARTS) is 1. The molecular formula is C10H7NO4S2. The van der Waals surface area contributed by atoms with Crippen LogP contribution in [0.1, 0.15) is 10.4 Å². The molecule has 1 aliphatic rings. The van der Waals surface area contributed by atoms with Crippen molar-refractivity contribution in [1.82, 2.24) is 0 Å². The van der Waals surface area contributed by atoms with Crippen molar-refractivity contribution in [3.8, 4) is 5.75 Å². The lowest BCUT2D eigenvalue weighted by Gasteiger charge is -2.15. The van der Waals surface area contributed by atoms with Crippen LogP contribution in [-0.2, 0) is 4.79 Å². The number of nitrogens with zero attached hydrogens (tertiary/aromatic N) is 1. The number of anilines is 1. The van der Waals surface area contributed by atoms with Crippen LogP contribution in [0.2, 0.25) is 0 Å². The van der Waals surface area contributed by atoms with Gasteiger partial charge >= 0.3 is 5.97 Å². The number of carboxylic acids is 1. The van der Waals surface area contributed by atoms with Gasteiger partial charge in [-0.25, -0.2) is 4.79 Å². The van der Waals surface area contributed by atoms with E-state index in [0.717, 1.165) is 0 Å². The predicted molar refractivity (Wildman–Crippen MR) is 67.6 cm³/mol. The summed E-state index contributed by atoms with van der Waals surface area (Å²) in [7, 11) is 0. The molecule has 88 valence electrons. The number of aromatic carboxylic acids is 1. The summed E-state index contributed by atoms with van der Waals surface area (Å²) < 4.78 is 0.400. The molecule has 1 aromatic rings. The molecule has 1 saturated heterocycles. The van der Waals surface area contributed by atoms with Crippen molar-refractivity contribution in [3.05, 3.63) is 23.8 Å². The zero-order valence-electron chi connectivity index (χ0n) is 8.41. The van der Waals surface area contributed by atoms with E-state index >= 15 is 0 Å². The molecule has 0 aromatic heterocycles. The fraction of sp³-hybridized carbons (Fsp3) is 0.100. The summed E-state index contributed by atoms with van der Waals surface area (Å²) in [5.74, 6) is -1.52. The summed E-state index contributed by atoms with van der Waals surface area (Å²) >= 11 is 6.23. The third-order valence-corrected chi connectivity index (χ3v) is 3.58. The topological polar surface area (TPSA) is 77.8 Å². The van der Waals surface area contributed by atoms with Crippen LogP contribution in [-0.4, -0.2) is 32.2 Å². The number of phenols is 1. The van der Waals surface area contributed by atoms with Gasteiger partial charge in [0.2, 0.25) is 5.91 Å². The van der Waals surface area contributed by atoms with Crippen LogP contribution in [0.3, 0.4) is 0 Å². The molecule has 1 amide bonds. The number of thiocarbonyl (C=S) groups is 1. The van der Waals surface area contributed by atoms with E-state index in [1.165, 1.54) is 34.9 Å². The average Bonchev–Trinajstić information content (AvgIpc) is 2.58. The Morgan fingerprint density at radius 1 is 1.47 bits per heavy atom. The first-order valence-corrected chi connectivity index (χ1v) is 5.96. The van der Waals surface area contributed by atoms with Gasteiger partial charge in [-0.15, -0.1) is 0 Å². The molecule has 1 aliphatic heterocycles. The van der Waals surface area contributed by atoms with Gasteiger partial charge in [-0.3, -0.25) is 9.69 Å². The number of carbonyl (C=O) groups is 2. The van der Waals surface area contributed by atoms with Crippen LogP contribution in [0.15, 0.2) is 18.2 Å². The van der Waals surface area contributed by atoms with E-state index in [1.807, 2.05) is 0 Å². The van der Waals surface area contributed by atoms with Crippen molar-refractivity contribution in [2.24, 2.45) is 0 Å². The van der Waals surface area contributed by atoms with Crippen LogP contribution >= 0.6 is 24.0 Å². The third kappa shape index (κ3) is 2.11. The summed E-state index contributed by atoms with van der Waals surface area (Å²) in [5.41, 5.74) is 0.173. The van der Waals surface area contributed by atoms with Crippen LogP contribution in [0, 0.1) is 0 Å². The fourth-order valence-electron chi connectivity index (χ4n) is 1.44. The maximum atomic E-state index is 11.5. The van der Waals surface area contributed by atoms with Crippen LogP contribution in [0.4, 0.5) is 5.69 Å². The van der Waals surface area contributed by atoms with Crippen molar-refractivity contribution in [1.29, 1.82) is 0 Å². The summed E-state index contributed by atoms with van der Waals surface area (Å²) in [6, 6.07) is 3.91. The molecule has 2 N–H and O–H groups in total. The van der Waals surface area contributed by atoms with E-state index in [4.69, 9.17) is 17.3 Å². The Morgan fingerprint density at radius 3 is 2.65 bits per heavy atom. The fourth-order valence-corrected chi connectivity index (χ4v) is 2.54. The van der Waals surface area contributed by atoms with E-state index in [-0.39, 0.29) is 23.0 Å². The number of rotatable bonds is 2. The van der Waals surface area contributed by atoms with Gasteiger partial charge in [0.1, 0.15) is 15.6 Å². The highest BCUT2D eigenvalue weighted by Gasteiger charge is 2.28. The monoisotopic (exact) mass is 269 g/mol. The summed E-state index contributed by atoms with van der Waals surface area (Å²) in [6.45, 7) is 0. The molecule has 17 heavy (non-hydrogen) atoms.